The topological polar surface area (TPSA) is 98.7 Å². The lowest BCUT2D eigenvalue weighted by molar-refractivity contribution is -0.139. The van der Waals surface area contributed by atoms with Crippen LogP contribution in [0.1, 0.15) is 22.3 Å². The van der Waals surface area contributed by atoms with E-state index in [0.717, 1.165) is 24.2 Å². The molecule has 0 unspecified atom stereocenters. The molecular weight excluding hydrogens is 248 g/mol. The molecule has 1 atom stereocenters. The van der Waals surface area contributed by atoms with E-state index < -0.39 is 17.9 Å². The van der Waals surface area contributed by atoms with Crippen molar-refractivity contribution < 1.29 is 19.8 Å². The molecule has 0 fully saturated rings. The number of amides is 1. The molecular formula is C13H16N2O4. The van der Waals surface area contributed by atoms with Gasteiger partial charge in [0.15, 0.2) is 0 Å². The molecule has 0 aromatic heterocycles. The SMILES string of the molecule is O=C(N[C@H](CCO)C(=O)O)c1ccc2c(c1)CCN2. The van der Waals surface area contributed by atoms with Crippen LogP contribution >= 0.6 is 0 Å². The number of anilines is 1. The third-order valence-electron chi connectivity index (χ3n) is 3.10. The van der Waals surface area contributed by atoms with Gasteiger partial charge in [0, 0.05) is 30.8 Å². The average Bonchev–Trinajstić information content (AvgIpc) is 2.85. The Morgan fingerprint density at radius 2 is 2.21 bits per heavy atom. The van der Waals surface area contributed by atoms with Gasteiger partial charge in [-0.3, -0.25) is 4.79 Å². The van der Waals surface area contributed by atoms with Crippen molar-refractivity contribution in [3.05, 3.63) is 29.3 Å². The molecule has 2 rings (SSSR count). The van der Waals surface area contributed by atoms with Crippen LogP contribution in [-0.4, -0.2) is 41.3 Å². The van der Waals surface area contributed by atoms with Gasteiger partial charge in [0.2, 0.25) is 0 Å². The second kappa shape index (κ2) is 5.71. The van der Waals surface area contributed by atoms with E-state index in [1.807, 2.05) is 6.07 Å². The number of aliphatic hydroxyl groups is 1. The Hall–Kier alpha value is -2.08. The predicted molar refractivity (Wildman–Crippen MR) is 69.2 cm³/mol. The van der Waals surface area contributed by atoms with E-state index in [1.54, 1.807) is 12.1 Å². The van der Waals surface area contributed by atoms with Crippen LogP contribution in [0.3, 0.4) is 0 Å². The Kier molecular flexibility index (Phi) is 4.01. The second-order valence-electron chi connectivity index (χ2n) is 4.43. The molecule has 6 nitrogen and oxygen atoms in total. The molecule has 0 bridgehead atoms. The molecule has 1 heterocycles. The zero-order valence-corrected chi connectivity index (χ0v) is 10.3. The largest absolute Gasteiger partial charge is 0.480 e. The number of benzene rings is 1. The van der Waals surface area contributed by atoms with Crippen LogP contribution in [-0.2, 0) is 11.2 Å². The van der Waals surface area contributed by atoms with Crippen molar-refractivity contribution in [1.29, 1.82) is 0 Å². The number of hydrogen-bond donors (Lipinski definition) is 4. The second-order valence-corrected chi connectivity index (χ2v) is 4.43. The normalized spacial score (nSPS) is 14.4. The number of carbonyl (C=O) groups excluding carboxylic acids is 1. The van der Waals surface area contributed by atoms with E-state index in [4.69, 9.17) is 10.2 Å². The van der Waals surface area contributed by atoms with Crippen molar-refractivity contribution >= 4 is 17.6 Å². The van der Waals surface area contributed by atoms with E-state index in [-0.39, 0.29) is 13.0 Å². The van der Waals surface area contributed by atoms with E-state index >= 15 is 0 Å². The van der Waals surface area contributed by atoms with E-state index in [0.29, 0.717) is 5.56 Å². The molecule has 4 N–H and O–H groups in total. The van der Waals surface area contributed by atoms with Crippen LogP contribution in [0.5, 0.6) is 0 Å². The first-order valence-corrected chi connectivity index (χ1v) is 6.13. The van der Waals surface area contributed by atoms with E-state index in [1.165, 1.54) is 0 Å². The molecule has 0 saturated heterocycles. The van der Waals surface area contributed by atoms with Gasteiger partial charge in [-0.2, -0.15) is 0 Å². The van der Waals surface area contributed by atoms with Crippen molar-refractivity contribution in [3.8, 4) is 0 Å². The molecule has 1 amide bonds. The lowest BCUT2D eigenvalue weighted by Gasteiger charge is -2.13. The first kappa shape index (κ1) is 13.4. The summed E-state index contributed by atoms with van der Waals surface area (Å²) >= 11 is 0. The van der Waals surface area contributed by atoms with Crippen LogP contribution in [0.4, 0.5) is 5.69 Å². The Bertz CT molecular complexity index is 501. The quantitative estimate of drug-likeness (QED) is 0.610. The van der Waals surface area contributed by atoms with Gasteiger partial charge in [-0.25, -0.2) is 4.79 Å². The highest BCUT2D eigenvalue weighted by molar-refractivity contribution is 5.97. The molecule has 19 heavy (non-hydrogen) atoms. The first-order valence-electron chi connectivity index (χ1n) is 6.13. The number of aliphatic hydroxyl groups excluding tert-OH is 1. The molecule has 0 aliphatic carbocycles. The Morgan fingerprint density at radius 1 is 1.42 bits per heavy atom. The van der Waals surface area contributed by atoms with Gasteiger partial charge in [-0.05, 0) is 30.2 Å². The van der Waals surface area contributed by atoms with Crippen LogP contribution in [0.15, 0.2) is 18.2 Å². The summed E-state index contributed by atoms with van der Waals surface area (Å²) < 4.78 is 0. The monoisotopic (exact) mass is 264 g/mol. The highest BCUT2D eigenvalue weighted by atomic mass is 16.4. The van der Waals surface area contributed by atoms with Gasteiger partial charge in [0.25, 0.3) is 5.91 Å². The van der Waals surface area contributed by atoms with E-state index in [2.05, 4.69) is 10.6 Å². The number of carbonyl (C=O) groups is 2. The van der Waals surface area contributed by atoms with E-state index in [9.17, 15) is 9.59 Å². The van der Waals surface area contributed by atoms with Gasteiger partial charge in [0.05, 0.1) is 0 Å². The molecule has 0 radical (unpaired) electrons. The Labute approximate surface area is 110 Å². The molecule has 102 valence electrons. The van der Waals surface area contributed by atoms with Crippen molar-refractivity contribution in [1.82, 2.24) is 5.32 Å². The maximum atomic E-state index is 12.0. The Morgan fingerprint density at radius 3 is 2.89 bits per heavy atom. The maximum absolute atomic E-state index is 12.0. The van der Waals surface area contributed by atoms with Crippen molar-refractivity contribution in [2.24, 2.45) is 0 Å². The molecule has 1 aromatic carbocycles. The molecule has 1 aliphatic rings. The van der Waals surface area contributed by atoms with Gasteiger partial charge in [0.1, 0.15) is 6.04 Å². The fourth-order valence-electron chi connectivity index (χ4n) is 2.07. The van der Waals surface area contributed by atoms with Crippen LogP contribution in [0, 0.1) is 0 Å². The predicted octanol–water partition coefficient (Wildman–Crippen LogP) is 0.220. The minimum Gasteiger partial charge on any atom is -0.480 e. The molecule has 6 heteroatoms. The molecule has 1 aliphatic heterocycles. The third kappa shape index (κ3) is 3.03. The maximum Gasteiger partial charge on any atom is 0.326 e. The third-order valence-corrected chi connectivity index (χ3v) is 3.10. The van der Waals surface area contributed by atoms with Crippen molar-refractivity contribution in [3.63, 3.8) is 0 Å². The van der Waals surface area contributed by atoms with Crippen LogP contribution < -0.4 is 10.6 Å². The molecule has 0 saturated carbocycles. The summed E-state index contributed by atoms with van der Waals surface area (Å²) in [5.74, 6) is -1.58. The van der Waals surface area contributed by atoms with Gasteiger partial charge in [-0.15, -0.1) is 0 Å². The number of carboxylic acid groups (broad SMARTS) is 1. The van der Waals surface area contributed by atoms with Gasteiger partial charge in [-0.1, -0.05) is 0 Å². The minimum absolute atomic E-state index is 0.00638. The molecule has 1 aromatic rings. The summed E-state index contributed by atoms with van der Waals surface area (Å²) in [7, 11) is 0. The number of hydrogen-bond acceptors (Lipinski definition) is 4. The first-order chi connectivity index (χ1) is 9.11. The fraction of sp³-hybridized carbons (Fsp3) is 0.385. The fourth-order valence-corrected chi connectivity index (χ4v) is 2.07. The summed E-state index contributed by atoms with van der Waals surface area (Å²) in [5, 5.41) is 23.3. The van der Waals surface area contributed by atoms with Crippen LogP contribution in [0.2, 0.25) is 0 Å². The smallest absolute Gasteiger partial charge is 0.326 e. The number of nitrogens with one attached hydrogen (secondary N) is 2. The number of aliphatic carboxylic acids is 1. The number of carboxylic acids is 1. The Balaban J connectivity index is 2.09. The summed E-state index contributed by atoms with van der Waals surface area (Å²) in [5.41, 5.74) is 2.51. The highest BCUT2D eigenvalue weighted by Gasteiger charge is 2.21. The summed E-state index contributed by atoms with van der Waals surface area (Å²) in [6.07, 6.45) is 0.850. The zero-order valence-electron chi connectivity index (χ0n) is 10.3. The highest BCUT2D eigenvalue weighted by Crippen LogP contribution is 2.22. The number of rotatable bonds is 5. The summed E-state index contributed by atoms with van der Waals surface area (Å²) in [6, 6.07) is 4.18. The lowest BCUT2D eigenvalue weighted by Crippen LogP contribution is -2.41. The standard InChI is InChI=1S/C13H16N2O4/c16-6-4-11(13(18)19)15-12(17)9-1-2-10-8(7-9)3-5-14-10/h1-2,7,11,14,16H,3-6H2,(H,15,17)(H,18,19)/t11-/m1/s1. The summed E-state index contributed by atoms with van der Waals surface area (Å²) in [4.78, 5) is 22.9. The van der Waals surface area contributed by atoms with Crippen molar-refractivity contribution in [2.75, 3.05) is 18.5 Å². The molecule has 0 spiro atoms. The lowest BCUT2D eigenvalue weighted by atomic mass is 10.1. The minimum atomic E-state index is -1.15. The summed E-state index contributed by atoms with van der Waals surface area (Å²) in [6.45, 7) is 0.564. The average molecular weight is 264 g/mol. The zero-order chi connectivity index (χ0) is 13.8. The number of fused-ring (bicyclic) bond motifs is 1. The van der Waals surface area contributed by atoms with Crippen LogP contribution in [0.25, 0.3) is 0 Å². The van der Waals surface area contributed by atoms with Gasteiger partial charge >= 0.3 is 5.97 Å². The van der Waals surface area contributed by atoms with Gasteiger partial charge < -0.3 is 20.8 Å². The van der Waals surface area contributed by atoms with Crippen molar-refractivity contribution in [2.45, 2.75) is 18.9 Å².